The normalized spacial score (nSPS) is 20.7. The van der Waals surface area contributed by atoms with Gasteiger partial charge in [-0.1, -0.05) is 121 Å². The van der Waals surface area contributed by atoms with Crippen molar-refractivity contribution in [1.29, 1.82) is 10.5 Å². The van der Waals surface area contributed by atoms with E-state index in [0.717, 1.165) is 22.4 Å². The summed E-state index contributed by atoms with van der Waals surface area (Å²) < 4.78 is 0. The van der Waals surface area contributed by atoms with Crippen LogP contribution < -0.4 is 4.90 Å². The summed E-state index contributed by atoms with van der Waals surface area (Å²) in [7, 11) is 0. The van der Waals surface area contributed by atoms with Gasteiger partial charge in [-0.15, -0.1) is 0 Å². The fraction of sp³-hybridized carbons (Fsp3) is 0.114. The maximum Gasteiger partial charge on any atom is 0.185 e. The van der Waals surface area contributed by atoms with Gasteiger partial charge in [0.25, 0.3) is 0 Å². The Hall–Kier alpha value is -5.19. The largest absolute Gasteiger partial charge is 0.353 e. The Labute approximate surface area is 228 Å². The average Bonchev–Trinajstić information content (AvgIpc) is 3.36. The molecule has 4 heteroatoms. The van der Waals surface area contributed by atoms with Crippen LogP contribution in [0.3, 0.4) is 0 Å². The van der Waals surface area contributed by atoms with Gasteiger partial charge in [-0.3, -0.25) is 4.79 Å². The van der Waals surface area contributed by atoms with E-state index in [1.54, 1.807) is 0 Å². The van der Waals surface area contributed by atoms with Crippen molar-refractivity contribution in [2.24, 2.45) is 5.92 Å². The molecule has 0 aliphatic carbocycles. The Morgan fingerprint density at radius 3 is 1.90 bits per heavy atom. The minimum atomic E-state index is -0.548. The van der Waals surface area contributed by atoms with E-state index in [1.807, 2.05) is 91.0 Å². The van der Waals surface area contributed by atoms with Crippen LogP contribution in [0.15, 0.2) is 127 Å². The first kappa shape index (κ1) is 24.2. The number of anilines is 1. The van der Waals surface area contributed by atoms with Crippen molar-refractivity contribution in [3.63, 3.8) is 0 Å². The van der Waals surface area contributed by atoms with Crippen molar-refractivity contribution in [1.82, 2.24) is 0 Å². The van der Waals surface area contributed by atoms with Crippen LogP contribution in [0.25, 0.3) is 11.6 Å². The van der Waals surface area contributed by atoms with Crippen molar-refractivity contribution in [3.8, 4) is 12.1 Å². The zero-order chi connectivity index (χ0) is 26.8. The predicted octanol–water partition coefficient (Wildman–Crippen LogP) is 7.05. The second-order valence-electron chi connectivity index (χ2n) is 9.83. The number of carbonyl (C=O) groups excluding carboxylic acids is 1. The first-order valence-electron chi connectivity index (χ1n) is 13.0. The van der Waals surface area contributed by atoms with Crippen LogP contribution in [0.4, 0.5) is 5.69 Å². The summed E-state index contributed by atoms with van der Waals surface area (Å²) in [6, 6.07) is 40.8. The highest BCUT2D eigenvalue weighted by molar-refractivity contribution is 6.04. The SMILES string of the molecule is N#CC(C#N)=C(c1ccccc1)[C@H]1[C@@H](c2ccccc2)[C@H](C(=O)c2ccccc2)N2c3ccccc3C=C[C@H]12. The number of para-hydroxylation sites is 1. The Bertz CT molecular complexity index is 1640. The van der Waals surface area contributed by atoms with Gasteiger partial charge < -0.3 is 4.90 Å². The van der Waals surface area contributed by atoms with Gasteiger partial charge in [0, 0.05) is 23.1 Å². The van der Waals surface area contributed by atoms with Crippen LogP contribution in [0.5, 0.6) is 0 Å². The molecular formula is C35H25N3O. The molecule has 0 radical (unpaired) electrons. The number of Topliss-reactive ketones (excluding diaryl/α,β-unsaturated/α-hetero) is 1. The zero-order valence-electron chi connectivity index (χ0n) is 21.2. The Balaban J connectivity index is 1.67. The van der Waals surface area contributed by atoms with Crippen molar-refractivity contribution in [2.45, 2.75) is 18.0 Å². The Morgan fingerprint density at radius 2 is 1.26 bits per heavy atom. The summed E-state index contributed by atoms with van der Waals surface area (Å²) in [5.41, 5.74) is 5.23. The number of allylic oxidation sites excluding steroid dienone is 1. The second-order valence-corrected chi connectivity index (χ2v) is 9.83. The molecule has 4 aromatic carbocycles. The molecule has 0 N–H and O–H groups in total. The van der Waals surface area contributed by atoms with Gasteiger partial charge in [0.1, 0.15) is 23.8 Å². The van der Waals surface area contributed by atoms with Crippen LogP contribution in [0.1, 0.15) is 33.0 Å². The number of fused-ring (bicyclic) bond motifs is 3. The fourth-order valence-corrected chi connectivity index (χ4v) is 6.27. The summed E-state index contributed by atoms with van der Waals surface area (Å²) in [5, 5.41) is 20.3. The molecule has 2 aliphatic heterocycles. The number of nitrogens with zero attached hydrogens (tertiary/aromatic N) is 3. The molecule has 0 bridgehead atoms. The lowest BCUT2D eigenvalue weighted by atomic mass is 9.73. The van der Waals surface area contributed by atoms with E-state index in [-0.39, 0.29) is 29.2 Å². The van der Waals surface area contributed by atoms with Crippen LogP contribution >= 0.6 is 0 Å². The number of hydrogen-bond acceptors (Lipinski definition) is 4. The molecule has 2 aliphatic rings. The second kappa shape index (κ2) is 10.3. The molecule has 39 heavy (non-hydrogen) atoms. The summed E-state index contributed by atoms with van der Waals surface area (Å²) in [5.74, 6) is -0.622. The highest BCUT2D eigenvalue weighted by Gasteiger charge is 2.54. The Morgan fingerprint density at radius 1 is 0.692 bits per heavy atom. The fourth-order valence-electron chi connectivity index (χ4n) is 6.27. The quantitative estimate of drug-likeness (QED) is 0.216. The maximum atomic E-state index is 14.5. The molecule has 0 spiro atoms. The molecule has 0 aromatic heterocycles. The maximum absolute atomic E-state index is 14.5. The van der Waals surface area contributed by atoms with E-state index >= 15 is 0 Å². The van der Waals surface area contributed by atoms with Crippen molar-refractivity contribution >= 4 is 23.1 Å². The van der Waals surface area contributed by atoms with Gasteiger partial charge >= 0.3 is 0 Å². The monoisotopic (exact) mass is 503 g/mol. The standard InChI is InChI=1S/C35H25N3O/c36-22-28(23-37)31(25-13-4-1-5-14-25)33-30-21-20-24-12-10-11-19-29(24)38(30)34(32(33)26-15-6-2-7-16-26)35(39)27-17-8-3-9-18-27/h1-21,30,32-34H/t30-,32-,33+,34-/m1/s1. The molecule has 4 atom stereocenters. The number of hydrogen-bond donors (Lipinski definition) is 0. The van der Waals surface area contributed by atoms with Gasteiger partial charge in [0.05, 0.1) is 6.04 Å². The third kappa shape index (κ3) is 4.13. The van der Waals surface area contributed by atoms with Crippen LogP contribution in [-0.2, 0) is 0 Å². The lowest BCUT2D eigenvalue weighted by Crippen LogP contribution is -2.43. The van der Waals surface area contributed by atoms with E-state index in [9.17, 15) is 15.3 Å². The molecule has 0 unspecified atom stereocenters. The van der Waals surface area contributed by atoms with Crippen molar-refractivity contribution in [3.05, 3.63) is 149 Å². The van der Waals surface area contributed by atoms with E-state index in [4.69, 9.17) is 0 Å². The minimum absolute atomic E-state index is 0.0185. The van der Waals surface area contributed by atoms with Crippen LogP contribution in [-0.4, -0.2) is 17.9 Å². The molecule has 0 saturated carbocycles. The van der Waals surface area contributed by atoms with E-state index in [0.29, 0.717) is 11.1 Å². The average molecular weight is 504 g/mol. The topological polar surface area (TPSA) is 67.9 Å². The highest BCUT2D eigenvalue weighted by atomic mass is 16.1. The van der Waals surface area contributed by atoms with Gasteiger partial charge in [0.15, 0.2) is 5.78 Å². The number of carbonyl (C=O) groups is 1. The molecule has 186 valence electrons. The predicted molar refractivity (Wildman–Crippen MR) is 154 cm³/mol. The van der Waals surface area contributed by atoms with Crippen LogP contribution in [0, 0.1) is 28.6 Å². The minimum Gasteiger partial charge on any atom is -0.353 e. The van der Waals surface area contributed by atoms with E-state index < -0.39 is 6.04 Å². The first-order valence-corrected chi connectivity index (χ1v) is 13.0. The van der Waals surface area contributed by atoms with Gasteiger partial charge in [-0.25, -0.2) is 0 Å². The molecule has 4 nitrogen and oxygen atoms in total. The summed E-state index contributed by atoms with van der Waals surface area (Å²) >= 11 is 0. The van der Waals surface area contributed by atoms with E-state index in [1.165, 1.54) is 0 Å². The first-order chi connectivity index (χ1) is 19.2. The molecule has 4 aromatic rings. The van der Waals surface area contributed by atoms with Crippen molar-refractivity contribution in [2.75, 3.05) is 4.90 Å². The van der Waals surface area contributed by atoms with E-state index in [2.05, 4.69) is 53.5 Å². The summed E-state index contributed by atoms with van der Waals surface area (Å²) in [4.78, 5) is 16.7. The molecule has 1 saturated heterocycles. The number of benzene rings is 4. The van der Waals surface area contributed by atoms with Crippen molar-refractivity contribution < 1.29 is 4.79 Å². The van der Waals surface area contributed by atoms with Gasteiger partial charge in [0.2, 0.25) is 0 Å². The summed E-state index contributed by atoms with van der Waals surface area (Å²) in [6.07, 6.45) is 4.23. The smallest absolute Gasteiger partial charge is 0.185 e. The highest BCUT2D eigenvalue weighted by Crippen LogP contribution is 2.54. The van der Waals surface area contributed by atoms with Gasteiger partial charge in [-0.05, 0) is 28.3 Å². The zero-order valence-corrected chi connectivity index (χ0v) is 21.2. The molecule has 0 amide bonds. The number of ketones is 1. The Kier molecular flexibility index (Phi) is 6.37. The lowest BCUT2D eigenvalue weighted by Gasteiger charge is -2.36. The lowest BCUT2D eigenvalue weighted by molar-refractivity contribution is 0.0953. The van der Waals surface area contributed by atoms with Gasteiger partial charge in [-0.2, -0.15) is 10.5 Å². The molecular weight excluding hydrogens is 478 g/mol. The molecule has 1 fully saturated rings. The number of nitriles is 2. The van der Waals surface area contributed by atoms with Crippen LogP contribution in [0.2, 0.25) is 0 Å². The third-order valence-electron chi connectivity index (χ3n) is 7.83. The number of rotatable bonds is 5. The molecule has 2 heterocycles. The summed E-state index contributed by atoms with van der Waals surface area (Å²) in [6.45, 7) is 0. The third-order valence-corrected chi connectivity index (χ3v) is 7.83. The molecule has 6 rings (SSSR count).